The molecule has 0 amide bonds. The Labute approximate surface area is 117 Å². The Bertz CT molecular complexity index is 471. The number of piperidine rings is 1. The van der Waals surface area contributed by atoms with Gasteiger partial charge in [0.05, 0.1) is 0 Å². The van der Waals surface area contributed by atoms with Gasteiger partial charge in [0.25, 0.3) is 0 Å². The van der Waals surface area contributed by atoms with Gasteiger partial charge in [-0.25, -0.2) is 0 Å². The summed E-state index contributed by atoms with van der Waals surface area (Å²) < 4.78 is 37.7. The van der Waals surface area contributed by atoms with Crippen molar-refractivity contribution in [2.75, 3.05) is 18.0 Å². The highest BCUT2D eigenvalue weighted by molar-refractivity contribution is 5.51. The molecule has 5 heteroatoms. The lowest BCUT2D eigenvalue weighted by atomic mass is 9.91. The summed E-state index contributed by atoms with van der Waals surface area (Å²) in [5.41, 5.74) is 9.23. The summed E-state index contributed by atoms with van der Waals surface area (Å²) in [5.74, 6) is -0.416. The highest BCUT2D eigenvalue weighted by Gasteiger charge is 2.35. The van der Waals surface area contributed by atoms with Crippen LogP contribution in [0.4, 0.5) is 18.9 Å². The maximum atomic E-state index is 12.6. The van der Waals surface area contributed by atoms with Gasteiger partial charge in [0, 0.05) is 31.2 Å². The summed E-state index contributed by atoms with van der Waals surface area (Å²) in [7, 11) is 0. The third kappa shape index (κ3) is 3.88. The monoisotopic (exact) mass is 286 g/mol. The van der Waals surface area contributed by atoms with Crippen LogP contribution >= 0.6 is 0 Å². The van der Waals surface area contributed by atoms with Gasteiger partial charge in [-0.05, 0) is 49.4 Å². The van der Waals surface area contributed by atoms with E-state index >= 15 is 0 Å². The Morgan fingerprint density at radius 1 is 1.20 bits per heavy atom. The maximum Gasteiger partial charge on any atom is 0.389 e. The normalized spacial score (nSPS) is 24.0. The molecule has 20 heavy (non-hydrogen) atoms. The van der Waals surface area contributed by atoms with Crippen molar-refractivity contribution in [2.45, 2.75) is 38.9 Å². The molecule has 0 radical (unpaired) electrons. The lowest BCUT2D eigenvalue weighted by Gasteiger charge is -2.38. The Kier molecular flexibility index (Phi) is 4.28. The van der Waals surface area contributed by atoms with E-state index in [-0.39, 0.29) is 6.04 Å². The van der Waals surface area contributed by atoms with Crippen molar-refractivity contribution in [1.82, 2.24) is 0 Å². The smallest absolute Gasteiger partial charge is 0.370 e. The molecule has 0 spiro atoms. The van der Waals surface area contributed by atoms with Crippen molar-refractivity contribution in [3.8, 4) is 0 Å². The number of hydrogen-bond acceptors (Lipinski definition) is 2. The molecule has 2 nitrogen and oxygen atoms in total. The van der Waals surface area contributed by atoms with Crippen LogP contribution in [-0.2, 0) is 0 Å². The van der Waals surface area contributed by atoms with Crippen LogP contribution in [0.15, 0.2) is 18.2 Å². The van der Waals surface area contributed by atoms with Gasteiger partial charge < -0.3 is 10.6 Å². The molecule has 1 heterocycles. The zero-order valence-electron chi connectivity index (χ0n) is 11.9. The van der Waals surface area contributed by atoms with Gasteiger partial charge in [-0.15, -0.1) is 0 Å². The molecular formula is C15H21F3N2. The summed E-state index contributed by atoms with van der Waals surface area (Å²) in [5, 5.41) is 0. The second kappa shape index (κ2) is 5.64. The second-order valence-corrected chi connectivity index (χ2v) is 5.85. The number of alkyl halides is 3. The van der Waals surface area contributed by atoms with Gasteiger partial charge in [0.1, 0.15) is 0 Å². The number of hydrogen-bond donors (Lipinski definition) is 1. The van der Waals surface area contributed by atoms with Gasteiger partial charge in [0.2, 0.25) is 0 Å². The third-order valence-corrected chi connectivity index (χ3v) is 3.95. The minimum atomic E-state index is -4.11. The van der Waals surface area contributed by atoms with Crippen LogP contribution in [0.1, 0.15) is 24.0 Å². The van der Waals surface area contributed by atoms with E-state index in [1.54, 1.807) is 0 Å². The second-order valence-electron chi connectivity index (χ2n) is 5.85. The molecule has 2 atom stereocenters. The van der Waals surface area contributed by atoms with Crippen molar-refractivity contribution in [3.05, 3.63) is 29.3 Å². The average molecular weight is 286 g/mol. The first kappa shape index (κ1) is 15.2. The van der Waals surface area contributed by atoms with Crippen molar-refractivity contribution in [2.24, 2.45) is 11.7 Å². The van der Waals surface area contributed by atoms with Gasteiger partial charge in [-0.2, -0.15) is 13.2 Å². The quantitative estimate of drug-likeness (QED) is 0.902. The number of halogens is 3. The third-order valence-electron chi connectivity index (χ3n) is 3.95. The molecule has 1 fully saturated rings. The van der Waals surface area contributed by atoms with E-state index in [2.05, 4.69) is 0 Å². The Hall–Kier alpha value is -1.23. The standard InChI is InChI=1S/C15H21F3N2/c1-10-3-4-14(5-11(10)2)20-8-12(6-13(19)9-20)7-15(16,17)18/h3-5,12-13H,6-9,19H2,1-2H3. The molecular weight excluding hydrogens is 265 g/mol. The topological polar surface area (TPSA) is 29.3 Å². The van der Waals surface area contributed by atoms with E-state index in [0.29, 0.717) is 19.5 Å². The molecule has 112 valence electrons. The zero-order valence-corrected chi connectivity index (χ0v) is 11.9. The summed E-state index contributed by atoms with van der Waals surface area (Å²) in [4.78, 5) is 1.98. The van der Waals surface area contributed by atoms with Crippen molar-refractivity contribution in [3.63, 3.8) is 0 Å². The fourth-order valence-electron chi connectivity index (χ4n) is 2.85. The lowest BCUT2D eigenvalue weighted by Crippen LogP contribution is -2.48. The minimum absolute atomic E-state index is 0.197. The van der Waals surface area contributed by atoms with Crippen LogP contribution in [0.25, 0.3) is 0 Å². The van der Waals surface area contributed by atoms with E-state index in [4.69, 9.17) is 5.73 Å². The number of benzene rings is 1. The van der Waals surface area contributed by atoms with Crippen LogP contribution in [0.2, 0.25) is 0 Å². The van der Waals surface area contributed by atoms with E-state index in [0.717, 1.165) is 11.3 Å². The van der Waals surface area contributed by atoms with Gasteiger partial charge in [-0.1, -0.05) is 6.07 Å². The highest BCUT2D eigenvalue weighted by atomic mass is 19.4. The van der Waals surface area contributed by atoms with E-state index < -0.39 is 18.5 Å². The average Bonchev–Trinajstić information content (AvgIpc) is 2.29. The fraction of sp³-hybridized carbons (Fsp3) is 0.600. The van der Waals surface area contributed by atoms with Crippen LogP contribution in [0, 0.1) is 19.8 Å². The molecule has 2 N–H and O–H groups in total. The van der Waals surface area contributed by atoms with Crippen molar-refractivity contribution >= 4 is 5.69 Å². The molecule has 0 bridgehead atoms. The van der Waals surface area contributed by atoms with Gasteiger partial charge >= 0.3 is 6.18 Å². The molecule has 1 aliphatic heterocycles. The number of nitrogens with two attached hydrogens (primary N) is 1. The predicted octanol–water partition coefficient (Wildman–Crippen LogP) is 3.41. The molecule has 2 rings (SSSR count). The first-order chi connectivity index (χ1) is 9.24. The van der Waals surface area contributed by atoms with Crippen LogP contribution in [0.5, 0.6) is 0 Å². The lowest BCUT2D eigenvalue weighted by molar-refractivity contribution is -0.145. The van der Waals surface area contributed by atoms with Gasteiger partial charge in [0.15, 0.2) is 0 Å². The predicted molar refractivity (Wildman–Crippen MR) is 74.9 cm³/mol. The zero-order chi connectivity index (χ0) is 14.9. The largest absolute Gasteiger partial charge is 0.389 e. The summed E-state index contributed by atoms with van der Waals surface area (Å²) >= 11 is 0. The number of anilines is 1. The molecule has 0 aliphatic carbocycles. The Balaban J connectivity index is 2.13. The van der Waals surface area contributed by atoms with E-state index in [1.807, 2.05) is 36.9 Å². The number of nitrogens with zero attached hydrogens (tertiary/aromatic N) is 1. The summed E-state index contributed by atoms with van der Waals surface area (Å²) in [6.45, 7) is 5.08. The number of rotatable bonds is 2. The fourth-order valence-corrected chi connectivity index (χ4v) is 2.85. The summed E-state index contributed by atoms with van der Waals surface area (Å²) in [6, 6.07) is 5.80. The first-order valence-corrected chi connectivity index (χ1v) is 6.89. The molecule has 0 saturated carbocycles. The highest BCUT2D eigenvalue weighted by Crippen LogP contribution is 2.32. The molecule has 1 aromatic rings. The van der Waals surface area contributed by atoms with Crippen LogP contribution in [0.3, 0.4) is 0 Å². The molecule has 1 aromatic carbocycles. The Morgan fingerprint density at radius 2 is 1.90 bits per heavy atom. The van der Waals surface area contributed by atoms with Crippen molar-refractivity contribution in [1.29, 1.82) is 0 Å². The molecule has 1 aliphatic rings. The SMILES string of the molecule is Cc1ccc(N2CC(N)CC(CC(F)(F)F)C2)cc1C. The maximum absolute atomic E-state index is 12.6. The molecule has 0 aromatic heterocycles. The van der Waals surface area contributed by atoms with Crippen LogP contribution < -0.4 is 10.6 Å². The number of aryl methyl sites for hydroxylation is 2. The first-order valence-electron chi connectivity index (χ1n) is 6.89. The summed E-state index contributed by atoms with van der Waals surface area (Å²) in [6.07, 6.45) is -4.42. The van der Waals surface area contributed by atoms with E-state index in [1.165, 1.54) is 5.56 Å². The van der Waals surface area contributed by atoms with E-state index in [9.17, 15) is 13.2 Å². The van der Waals surface area contributed by atoms with Crippen LogP contribution in [-0.4, -0.2) is 25.3 Å². The molecule has 2 unspecified atom stereocenters. The molecule has 1 saturated heterocycles. The minimum Gasteiger partial charge on any atom is -0.370 e. The Morgan fingerprint density at radius 3 is 2.50 bits per heavy atom. The van der Waals surface area contributed by atoms with Gasteiger partial charge in [-0.3, -0.25) is 0 Å². The van der Waals surface area contributed by atoms with Crippen molar-refractivity contribution < 1.29 is 13.2 Å².